The second kappa shape index (κ2) is 17.3. The van der Waals surface area contributed by atoms with Gasteiger partial charge in [-0.3, -0.25) is 0 Å². The molecule has 0 radical (unpaired) electrons. The van der Waals surface area contributed by atoms with E-state index >= 15 is 0 Å². The van der Waals surface area contributed by atoms with Crippen LogP contribution >= 0.6 is 0 Å². The highest BCUT2D eigenvalue weighted by Gasteiger charge is 2.25. The molecular formula is C41H54O4. The van der Waals surface area contributed by atoms with Gasteiger partial charge in [-0.2, -0.15) is 0 Å². The van der Waals surface area contributed by atoms with Crippen LogP contribution in [-0.4, -0.2) is 19.2 Å². The number of carbonyl (C=O) groups is 2. The maximum Gasteiger partial charge on any atom is 0.127 e. The second-order valence-corrected chi connectivity index (χ2v) is 13.0. The van der Waals surface area contributed by atoms with Gasteiger partial charge in [0.1, 0.15) is 36.4 Å². The Morgan fingerprint density at radius 1 is 0.489 bits per heavy atom. The topological polar surface area (TPSA) is 52.6 Å². The fourth-order valence-corrected chi connectivity index (χ4v) is 4.48. The molecule has 4 aromatic rings. The van der Waals surface area contributed by atoms with Gasteiger partial charge in [0, 0.05) is 5.41 Å². The van der Waals surface area contributed by atoms with Gasteiger partial charge in [-0.1, -0.05) is 123 Å². The molecule has 0 bridgehead atoms. The number of carbonyl (C=O) groups excluding carboxylic acids is 2. The molecule has 0 unspecified atom stereocenters. The first-order valence-electron chi connectivity index (χ1n) is 15.6. The van der Waals surface area contributed by atoms with Crippen LogP contribution in [0.2, 0.25) is 0 Å². The van der Waals surface area contributed by atoms with Crippen LogP contribution in [0.3, 0.4) is 0 Å². The zero-order valence-electron chi connectivity index (χ0n) is 29.4. The highest BCUT2D eigenvalue weighted by molar-refractivity contribution is 5.65. The van der Waals surface area contributed by atoms with Gasteiger partial charge in [-0.25, -0.2) is 0 Å². The Labute approximate surface area is 272 Å². The van der Waals surface area contributed by atoms with Gasteiger partial charge < -0.3 is 19.1 Å². The quantitative estimate of drug-likeness (QED) is 0.199. The Morgan fingerprint density at radius 3 is 1.16 bits per heavy atom. The van der Waals surface area contributed by atoms with Crippen molar-refractivity contribution in [1.29, 1.82) is 0 Å². The molecule has 0 aromatic heterocycles. The first kappa shape index (κ1) is 38.8. The fourth-order valence-electron chi connectivity index (χ4n) is 4.48. The Kier molecular flexibility index (Phi) is 15.0. The van der Waals surface area contributed by atoms with Crippen LogP contribution in [0.4, 0.5) is 0 Å². The van der Waals surface area contributed by atoms with Crippen LogP contribution in [-0.2, 0) is 20.4 Å². The van der Waals surface area contributed by atoms with Crippen molar-refractivity contribution in [3.05, 3.63) is 114 Å². The fraction of sp³-hybridized carbons (Fsp3) is 0.366. The van der Waals surface area contributed by atoms with Crippen LogP contribution in [0.5, 0.6) is 17.2 Å². The van der Waals surface area contributed by atoms with Crippen LogP contribution in [0.1, 0.15) is 92.9 Å². The molecule has 0 aliphatic carbocycles. The van der Waals surface area contributed by atoms with Crippen molar-refractivity contribution in [3.8, 4) is 28.4 Å². The minimum absolute atomic E-state index is 0.0955. The molecule has 4 rings (SSSR count). The van der Waals surface area contributed by atoms with E-state index in [2.05, 4.69) is 135 Å². The molecule has 0 aliphatic heterocycles. The van der Waals surface area contributed by atoms with Crippen molar-refractivity contribution in [2.75, 3.05) is 0 Å². The van der Waals surface area contributed by atoms with Gasteiger partial charge in [0.25, 0.3) is 0 Å². The standard InChI is InChI=1S/C37H44O2.C2H6.2CH2O/c1-26(2)37(8,9)39-34-22-12-28(13-23-34)27-10-20-32(21-11-27)38-33-24-18-31(19-25-33)36(6,7)30-16-14-29(15-17-30)35(3,4)5;3*1-2/h10-26H,1-9H3;1-2H3;2*1H2. The summed E-state index contributed by atoms with van der Waals surface area (Å²) in [5, 5.41) is 0. The van der Waals surface area contributed by atoms with Gasteiger partial charge in [-0.05, 0) is 89.4 Å². The van der Waals surface area contributed by atoms with Gasteiger partial charge in [0.15, 0.2) is 0 Å². The minimum Gasteiger partial charge on any atom is -0.488 e. The molecule has 4 heteroatoms. The third-order valence-corrected chi connectivity index (χ3v) is 8.10. The van der Waals surface area contributed by atoms with Gasteiger partial charge >= 0.3 is 0 Å². The molecule has 4 nitrogen and oxygen atoms in total. The Morgan fingerprint density at radius 2 is 0.800 bits per heavy atom. The summed E-state index contributed by atoms with van der Waals surface area (Å²) in [6.07, 6.45) is 0. The molecule has 0 spiro atoms. The molecule has 4 aromatic carbocycles. The van der Waals surface area contributed by atoms with Crippen molar-refractivity contribution in [1.82, 2.24) is 0 Å². The summed E-state index contributed by atoms with van der Waals surface area (Å²) >= 11 is 0. The maximum atomic E-state index is 8.00. The highest BCUT2D eigenvalue weighted by Crippen LogP contribution is 2.35. The van der Waals surface area contributed by atoms with E-state index in [9.17, 15) is 0 Å². The third-order valence-electron chi connectivity index (χ3n) is 8.10. The first-order valence-corrected chi connectivity index (χ1v) is 15.6. The molecule has 0 saturated carbocycles. The lowest BCUT2D eigenvalue weighted by molar-refractivity contribution is -0.0987. The summed E-state index contributed by atoms with van der Waals surface area (Å²) in [6.45, 7) is 27.9. The van der Waals surface area contributed by atoms with E-state index in [0.717, 1.165) is 28.4 Å². The van der Waals surface area contributed by atoms with Crippen LogP contribution in [0.25, 0.3) is 11.1 Å². The SMILES string of the molecule is C=O.C=O.CC.CC(C)C(C)(C)Oc1ccc(-c2ccc(Oc3ccc(C(C)(C)c4ccc(C(C)(C)C)cc4)cc3)cc2)cc1. The zero-order chi connectivity index (χ0) is 34.4. The molecule has 0 atom stereocenters. The molecule has 45 heavy (non-hydrogen) atoms. The molecular weight excluding hydrogens is 556 g/mol. The molecule has 0 amide bonds. The predicted octanol–water partition coefficient (Wildman–Crippen LogP) is 11.2. The summed E-state index contributed by atoms with van der Waals surface area (Å²) < 4.78 is 12.4. The second-order valence-electron chi connectivity index (χ2n) is 13.0. The summed E-state index contributed by atoms with van der Waals surface area (Å²) in [5.41, 5.74) is 6.08. The predicted molar refractivity (Wildman–Crippen MR) is 191 cm³/mol. The lowest BCUT2D eigenvalue weighted by atomic mass is 9.77. The molecule has 0 fully saturated rings. The lowest BCUT2D eigenvalue weighted by Gasteiger charge is -2.30. The first-order chi connectivity index (χ1) is 21.3. The lowest BCUT2D eigenvalue weighted by Crippen LogP contribution is -2.34. The normalized spacial score (nSPS) is 11.1. The average molecular weight is 611 g/mol. The van der Waals surface area contributed by atoms with E-state index in [-0.39, 0.29) is 16.4 Å². The molecule has 0 heterocycles. The highest BCUT2D eigenvalue weighted by atomic mass is 16.5. The summed E-state index contributed by atoms with van der Waals surface area (Å²) in [4.78, 5) is 16.0. The smallest absolute Gasteiger partial charge is 0.127 e. The average Bonchev–Trinajstić information content (AvgIpc) is 3.04. The third kappa shape index (κ3) is 10.7. The minimum atomic E-state index is -0.202. The number of benzene rings is 4. The summed E-state index contributed by atoms with van der Waals surface area (Å²) in [5.74, 6) is 2.98. The summed E-state index contributed by atoms with van der Waals surface area (Å²) in [7, 11) is 0. The molecule has 242 valence electrons. The monoisotopic (exact) mass is 610 g/mol. The Balaban J connectivity index is 0.00000159. The van der Waals surface area contributed by atoms with E-state index in [1.54, 1.807) is 0 Å². The van der Waals surface area contributed by atoms with Crippen molar-refractivity contribution in [3.63, 3.8) is 0 Å². The largest absolute Gasteiger partial charge is 0.488 e. The summed E-state index contributed by atoms with van der Waals surface area (Å²) in [6, 6.07) is 34.1. The zero-order valence-corrected chi connectivity index (χ0v) is 29.4. The Bertz CT molecular complexity index is 1390. The van der Waals surface area contributed by atoms with Gasteiger partial charge in [0.05, 0.1) is 0 Å². The molecule has 0 N–H and O–H groups in total. The number of ether oxygens (including phenoxy) is 2. The Hall–Kier alpha value is -4.18. The van der Waals surface area contributed by atoms with Crippen LogP contribution < -0.4 is 9.47 Å². The van der Waals surface area contributed by atoms with E-state index in [1.165, 1.54) is 16.7 Å². The van der Waals surface area contributed by atoms with E-state index < -0.39 is 0 Å². The van der Waals surface area contributed by atoms with Crippen molar-refractivity contribution < 1.29 is 19.1 Å². The molecule has 0 saturated heterocycles. The maximum absolute atomic E-state index is 8.00. The van der Waals surface area contributed by atoms with Gasteiger partial charge in [-0.15, -0.1) is 0 Å². The number of hydrogen-bond acceptors (Lipinski definition) is 4. The van der Waals surface area contributed by atoms with Crippen molar-refractivity contribution >= 4 is 13.6 Å². The van der Waals surface area contributed by atoms with Gasteiger partial charge in [0.2, 0.25) is 0 Å². The molecule has 0 aliphatic rings. The van der Waals surface area contributed by atoms with E-state index in [1.807, 2.05) is 51.7 Å². The van der Waals surface area contributed by atoms with E-state index in [4.69, 9.17) is 19.1 Å². The number of rotatable bonds is 8. The van der Waals surface area contributed by atoms with Crippen LogP contribution in [0, 0.1) is 5.92 Å². The van der Waals surface area contributed by atoms with Crippen molar-refractivity contribution in [2.24, 2.45) is 5.92 Å². The van der Waals surface area contributed by atoms with Crippen molar-refractivity contribution in [2.45, 2.75) is 92.6 Å². The number of hydrogen-bond donors (Lipinski definition) is 0. The van der Waals surface area contributed by atoms with Crippen LogP contribution in [0.15, 0.2) is 97.1 Å². The van der Waals surface area contributed by atoms with E-state index in [0.29, 0.717) is 5.92 Å².